The van der Waals surface area contributed by atoms with Crippen LogP contribution in [-0.2, 0) is 14.3 Å². The molecule has 1 aliphatic rings. The molecule has 0 unspecified atom stereocenters. The summed E-state index contributed by atoms with van der Waals surface area (Å²) in [4.78, 5) is 45.1. The van der Waals surface area contributed by atoms with E-state index in [2.05, 4.69) is 9.47 Å². The third-order valence-corrected chi connectivity index (χ3v) is 4.48. The second-order valence-electron chi connectivity index (χ2n) is 6.54. The highest BCUT2D eigenvalue weighted by molar-refractivity contribution is 6.14. The van der Waals surface area contributed by atoms with Gasteiger partial charge in [0.25, 0.3) is 0 Å². The molecule has 3 aromatic rings. The predicted molar refractivity (Wildman–Crippen MR) is 105 cm³/mol. The summed E-state index contributed by atoms with van der Waals surface area (Å²) in [5, 5.41) is 0. The molecule has 0 atom stereocenters. The minimum atomic E-state index is -0.732. The molecule has 8 nitrogen and oxygen atoms in total. The fraction of sp³-hybridized carbons (Fsp3) is 0.0435. The van der Waals surface area contributed by atoms with E-state index in [9.17, 15) is 19.2 Å². The number of aryl methyl sites for hydroxylation is 1. The molecule has 4 rings (SSSR count). The van der Waals surface area contributed by atoms with Crippen LogP contribution in [-0.4, -0.2) is 24.4 Å². The molecule has 0 amide bonds. The zero-order chi connectivity index (χ0) is 22.0. The third kappa shape index (κ3) is 4.13. The van der Waals surface area contributed by atoms with E-state index in [4.69, 9.17) is 9.47 Å². The number of hydrogen-bond donors (Lipinski definition) is 0. The van der Waals surface area contributed by atoms with Crippen LogP contribution in [0.3, 0.4) is 0 Å². The van der Waals surface area contributed by atoms with E-state index >= 15 is 0 Å². The first-order valence-electron chi connectivity index (χ1n) is 9.06. The van der Waals surface area contributed by atoms with Crippen molar-refractivity contribution in [2.24, 2.45) is 0 Å². The van der Waals surface area contributed by atoms with E-state index in [1.54, 1.807) is 49.4 Å². The van der Waals surface area contributed by atoms with Crippen molar-refractivity contribution in [1.29, 1.82) is 0 Å². The molecule has 0 saturated carbocycles. The second-order valence-corrected chi connectivity index (χ2v) is 6.54. The zero-order valence-corrected chi connectivity index (χ0v) is 16.1. The lowest BCUT2D eigenvalue weighted by Gasteiger charge is -2.10. The van der Waals surface area contributed by atoms with E-state index in [1.807, 2.05) is 0 Å². The number of fused-ring (bicyclic) bond motifs is 1. The van der Waals surface area contributed by atoms with Gasteiger partial charge in [0, 0.05) is 0 Å². The molecule has 8 heteroatoms. The van der Waals surface area contributed by atoms with Crippen molar-refractivity contribution in [3.63, 3.8) is 0 Å². The SMILES string of the molecule is Cc1cc(Oc2ccc(Oc3ccc4c(c3)C(=O)OC4=O)cc2)ccc1C(=O)OC=O. The van der Waals surface area contributed by atoms with E-state index in [0.29, 0.717) is 28.6 Å². The number of benzene rings is 3. The summed E-state index contributed by atoms with van der Waals surface area (Å²) in [5.74, 6) is -0.203. The number of ether oxygens (including phenoxy) is 4. The van der Waals surface area contributed by atoms with E-state index in [0.717, 1.165) is 0 Å². The zero-order valence-electron chi connectivity index (χ0n) is 16.1. The maximum Gasteiger partial charge on any atom is 0.347 e. The standard InChI is InChI=1S/C23H14O8/c1-13-10-16(6-8-18(13)21(25)28-12-24)29-14-2-4-15(5-3-14)30-17-7-9-19-20(11-17)23(27)31-22(19)26/h2-12H,1H3. The molecule has 0 aromatic heterocycles. The number of hydrogen-bond acceptors (Lipinski definition) is 8. The van der Waals surface area contributed by atoms with Crippen molar-refractivity contribution in [3.05, 3.63) is 82.9 Å². The van der Waals surface area contributed by atoms with Gasteiger partial charge in [0.1, 0.15) is 23.0 Å². The summed E-state index contributed by atoms with van der Waals surface area (Å²) in [6.07, 6.45) is 0. The van der Waals surface area contributed by atoms with Gasteiger partial charge in [-0.1, -0.05) is 0 Å². The topological polar surface area (TPSA) is 105 Å². The molecule has 0 radical (unpaired) electrons. The Bertz CT molecular complexity index is 1210. The Morgan fingerprint density at radius 3 is 1.94 bits per heavy atom. The molecule has 1 aliphatic heterocycles. The van der Waals surface area contributed by atoms with Gasteiger partial charge >= 0.3 is 24.4 Å². The largest absolute Gasteiger partial charge is 0.457 e. The lowest BCUT2D eigenvalue weighted by molar-refractivity contribution is -0.123. The molecule has 3 aromatic carbocycles. The Kier molecular flexibility index (Phi) is 5.19. The number of rotatable bonds is 6. The van der Waals surface area contributed by atoms with Crippen LogP contribution < -0.4 is 9.47 Å². The Morgan fingerprint density at radius 2 is 1.32 bits per heavy atom. The lowest BCUT2D eigenvalue weighted by atomic mass is 10.1. The van der Waals surface area contributed by atoms with Crippen LogP contribution in [0.25, 0.3) is 0 Å². The Balaban J connectivity index is 1.44. The third-order valence-electron chi connectivity index (χ3n) is 4.48. The summed E-state index contributed by atoms with van der Waals surface area (Å²) < 4.78 is 20.4. The summed E-state index contributed by atoms with van der Waals surface area (Å²) in [7, 11) is 0. The summed E-state index contributed by atoms with van der Waals surface area (Å²) in [5.41, 5.74) is 1.24. The fourth-order valence-corrected chi connectivity index (χ4v) is 3.01. The van der Waals surface area contributed by atoms with Crippen LogP contribution in [0, 0.1) is 6.92 Å². The predicted octanol–water partition coefficient (Wildman–Crippen LogP) is 4.20. The molecule has 0 fully saturated rings. The van der Waals surface area contributed by atoms with Gasteiger partial charge in [-0.2, -0.15) is 0 Å². The van der Waals surface area contributed by atoms with Crippen LogP contribution in [0.2, 0.25) is 0 Å². The van der Waals surface area contributed by atoms with Gasteiger partial charge in [-0.3, -0.25) is 4.79 Å². The first-order valence-corrected chi connectivity index (χ1v) is 9.06. The number of carbonyl (C=O) groups excluding carboxylic acids is 4. The number of esters is 3. The van der Waals surface area contributed by atoms with Crippen LogP contribution in [0.15, 0.2) is 60.7 Å². The highest BCUT2D eigenvalue weighted by atomic mass is 16.6. The molecule has 0 N–H and O–H groups in total. The van der Waals surface area contributed by atoms with Gasteiger partial charge in [-0.05, 0) is 73.2 Å². The maximum atomic E-state index is 11.7. The molecule has 31 heavy (non-hydrogen) atoms. The number of carbonyl (C=O) groups is 4. The van der Waals surface area contributed by atoms with Gasteiger partial charge in [-0.15, -0.1) is 0 Å². The van der Waals surface area contributed by atoms with Gasteiger partial charge in [0.15, 0.2) is 0 Å². The molecular weight excluding hydrogens is 404 g/mol. The summed E-state index contributed by atoms with van der Waals surface area (Å²) in [6.45, 7) is 1.79. The number of cyclic esters (lactones) is 2. The van der Waals surface area contributed by atoms with Crippen molar-refractivity contribution in [2.75, 3.05) is 0 Å². The monoisotopic (exact) mass is 418 g/mol. The van der Waals surface area contributed by atoms with Gasteiger partial charge < -0.3 is 18.9 Å². The molecule has 154 valence electrons. The van der Waals surface area contributed by atoms with Gasteiger partial charge in [0.05, 0.1) is 16.7 Å². The van der Waals surface area contributed by atoms with E-state index in [1.165, 1.54) is 18.2 Å². The Morgan fingerprint density at radius 1 is 0.774 bits per heavy atom. The van der Waals surface area contributed by atoms with Crippen molar-refractivity contribution in [1.82, 2.24) is 0 Å². The van der Waals surface area contributed by atoms with Crippen molar-refractivity contribution in [2.45, 2.75) is 6.92 Å². The normalized spacial score (nSPS) is 12.0. The van der Waals surface area contributed by atoms with E-state index < -0.39 is 17.9 Å². The van der Waals surface area contributed by atoms with Crippen LogP contribution in [0.5, 0.6) is 23.0 Å². The Labute approximate surface area is 175 Å². The fourth-order valence-electron chi connectivity index (χ4n) is 3.01. The smallest absolute Gasteiger partial charge is 0.347 e. The summed E-state index contributed by atoms with van der Waals surface area (Å²) in [6, 6.07) is 16.0. The Hall–Kier alpha value is -4.46. The average molecular weight is 418 g/mol. The average Bonchev–Trinajstić information content (AvgIpc) is 3.03. The lowest BCUT2D eigenvalue weighted by Crippen LogP contribution is -2.05. The molecule has 0 bridgehead atoms. The first kappa shape index (κ1) is 19.8. The van der Waals surface area contributed by atoms with Crippen LogP contribution in [0.1, 0.15) is 36.6 Å². The van der Waals surface area contributed by atoms with Gasteiger partial charge in [0.2, 0.25) is 0 Å². The molecule has 1 heterocycles. The van der Waals surface area contributed by atoms with Crippen molar-refractivity contribution < 1.29 is 38.1 Å². The van der Waals surface area contributed by atoms with E-state index in [-0.39, 0.29) is 23.2 Å². The van der Waals surface area contributed by atoms with Crippen LogP contribution in [0.4, 0.5) is 0 Å². The second kappa shape index (κ2) is 8.11. The quantitative estimate of drug-likeness (QED) is 0.333. The molecule has 0 aliphatic carbocycles. The first-order chi connectivity index (χ1) is 14.9. The molecular formula is C23H14O8. The minimum absolute atomic E-state index is 0.0870. The van der Waals surface area contributed by atoms with Gasteiger partial charge in [-0.25, -0.2) is 14.4 Å². The highest BCUT2D eigenvalue weighted by Gasteiger charge is 2.29. The molecule has 0 spiro atoms. The van der Waals surface area contributed by atoms with Crippen molar-refractivity contribution in [3.8, 4) is 23.0 Å². The summed E-state index contributed by atoms with van der Waals surface area (Å²) >= 11 is 0. The molecule has 0 saturated heterocycles. The maximum absolute atomic E-state index is 11.7. The highest BCUT2D eigenvalue weighted by Crippen LogP contribution is 2.30. The van der Waals surface area contributed by atoms with Crippen molar-refractivity contribution >= 4 is 24.4 Å². The minimum Gasteiger partial charge on any atom is -0.457 e. The van der Waals surface area contributed by atoms with Crippen LogP contribution >= 0.6 is 0 Å².